The minimum Gasteiger partial charge on any atom is -0.490 e. The van der Waals surface area contributed by atoms with E-state index in [1.165, 1.54) is 22.3 Å². The van der Waals surface area contributed by atoms with Gasteiger partial charge in [-0.2, -0.15) is 8.78 Å². The number of ether oxygens (including phenoxy) is 2. The van der Waals surface area contributed by atoms with Gasteiger partial charge in [-0.1, -0.05) is 29.8 Å². The molecule has 1 amide bonds. The van der Waals surface area contributed by atoms with Gasteiger partial charge >= 0.3 is 6.61 Å². The van der Waals surface area contributed by atoms with Crippen molar-refractivity contribution >= 4 is 28.8 Å². The number of aromatic nitrogens is 1. The van der Waals surface area contributed by atoms with Crippen LogP contribution < -0.4 is 9.47 Å². The van der Waals surface area contributed by atoms with Crippen LogP contribution in [0.15, 0.2) is 47.8 Å². The van der Waals surface area contributed by atoms with E-state index < -0.39 is 6.61 Å². The molecule has 0 unspecified atom stereocenters. The van der Waals surface area contributed by atoms with Gasteiger partial charge in [0.05, 0.1) is 6.61 Å². The summed E-state index contributed by atoms with van der Waals surface area (Å²) >= 11 is 7.27. The first-order valence-corrected chi connectivity index (χ1v) is 10.3. The second kappa shape index (κ2) is 9.86. The van der Waals surface area contributed by atoms with Crippen molar-refractivity contribution in [2.75, 3.05) is 13.7 Å². The SMILES string of the molecule is CCOc1cc(CN(C)C(=O)c2csc(-c3ccc(Cl)cc3)n2)ccc1OC(F)F. The van der Waals surface area contributed by atoms with Crippen molar-refractivity contribution in [2.45, 2.75) is 20.1 Å². The molecule has 2 aromatic carbocycles. The largest absolute Gasteiger partial charge is 0.490 e. The van der Waals surface area contributed by atoms with E-state index in [4.69, 9.17) is 16.3 Å². The first kappa shape index (κ1) is 22.0. The Bertz CT molecular complexity index is 1010. The minimum atomic E-state index is -2.95. The molecule has 3 aromatic rings. The number of alkyl halides is 2. The summed E-state index contributed by atoms with van der Waals surface area (Å²) in [4.78, 5) is 18.7. The zero-order valence-corrected chi connectivity index (χ0v) is 17.8. The van der Waals surface area contributed by atoms with Gasteiger partial charge in [0, 0.05) is 29.6 Å². The highest BCUT2D eigenvalue weighted by atomic mass is 35.5. The molecule has 158 valence electrons. The second-order valence-corrected chi connectivity index (χ2v) is 7.59. The molecule has 30 heavy (non-hydrogen) atoms. The molecule has 1 heterocycles. The Morgan fingerprint density at radius 2 is 1.93 bits per heavy atom. The van der Waals surface area contributed by atoms with Gasteiger partial charge in [-0.25, -0.2) is 4.98 Å². The Labute approximate surface area is 181 Å². The van der Waals surface area contributed by atoms with Gasteiger partial charge < -0.3 is 14.4 Å². The number of thiazole rings is 1. The van der Waals surface area contributed by atoms with Gasteiger partial charge in [-0.05, 0) is 36.8 Å². The molecular formula is C21H19ClF2N2O3S. The molecule has 5 nitrogen and oxygen atoms in total. The van der Waals surface area contributed by atoms with Crippen LogP contribution >= 0.6 is 22.9 Å². The summed E-state index contributed by atoms with van der Waals surface area (Å²) < 4.78 is 34.9. The minimum absolute atomic E-state index is 0.0447. The molecule has 0 atom stereocenters. The number of carbonyl (C=O) groups is 1. The molecule has 0 radical (unpaired) electrons. The number of halogens is 3. The molecule has 0 spiro atoms. The van der Waals surface area contributed by atoms with Crippen molar-refractivity contribution in [3.63, 3.8) is 0 Å². The fraction of sp³-hybridized carbons (Fsp3) is 0.238. The number of carbonyl (C=O) groups excluding carboxylic acids is 1. The van der Waals surface area contributed by atoms with E-state index in [0.717, 1.165) is 10.6 Å². The summed E-state index contributed by atoms with van der Waals surface area (Å²) in [6.45, 7) is -0.653. The van der Waals surface area contributed by atoms with E-state index in [-0.39, 0.29) is 24.0 Å². The number of hydrogen-bond donors (Lipinski definition) is 0. The second-order valence-electron chi connectivity index (χ2n) is 6.30. The number of hydrogen-bond acceptors (Lipinski definition) is 5. The fourth-order valence-electron chi connectivity index (χ4n) is 2.75. The van der Waals surface area contributed by atoms with Crippen LogP contribution in [0.4, 0.5) is 8.78 Å². The summed E-state index contributed by atoms with van der Waals surface area (Å²) in [6.07, 6.45) is 0. The molecular weight excluding hydrogens is 434 g/mol. The normalized spacial score (nSPS) is 10.9. The van der Waals surface area contributed by atoms with Crippen LogP contribution in [-0.2, 0) is 6.54 Å². The first-order valence-electron chi connectivity index (χ1n) is 9.04. The summed E-state index contributed by atoms with van der Waals surface area (Å²) in [7, 11) is 1.65. The first-order chi connectivity index (χ1) is 14.4. The van der Waals surface area contributed by atoms with Gasteiger partial charge in [-0.3, -0.25) is 4.79 Å². The third kappa shape index (κ3) is 5.46. The lowest BCUT2D eigenvalue weighted by atomic mass is 10.2. The van der Waals surface area contributed by atoms with E-state index in [9.17, 15) is 13.6 Å². The summed E-state index contributed by atoms with van der Waals surface area (Å²) in [5.41, 5.74) is 1.92. The van der Waals surface area contributed by atoms with Gasteiger partial charge in [0.1, 0.15) is 10.7 Å². The summed E-state index contributed by atoms with van der Waals surface area (Å²) in [5.74, 6) is -0.0937. The molecule has 0 aliphatic rings. The summed E-state index contributed by atoms with van der Waals surface area (Å²) in [5, 5.41) is 3.05. The van der Waals surface area contributed by atoms with Crippen molar-refractivity contribution in [3.8, 4) is 22.1 Å². The van der Waals surface area contributed by atoms with Gasteiger partial charge in [0.25, 0.3) is 5.91 Å². The van der Waals surface area contributed by atoms with Crippen LogP contribution in [0.1, 0.15) is 23.0 Å². The van der Waals surface area contributed by atoms with Crippen molar-refractivity contribution in [1.29, 1.82) is 0 Å². The zero-order chi connectivity index (χ0) is 21.7. The molecule has 0 fully saturated rings. The lowest BCUT2D eigenvalue weighted by molar-refractivity contribution is -0.0514. The Hall–Kier alpha value is -2.71. The van der Waals surface area contributed by atoms with Crippen molar-refractivity contribution in [2.24, 2.45) is 0 Å². The van der Waals surface area contributed by atoms with E-state index >= 15 is 0 Å². The average Bonchev–Trinajstić information content (AvgIpc) is 3.20. The molecule has 0 N–H and O–H groups in total. The third-order valence-electron chi connectivity index (χ3n) is 4.10. The van der Waals surface area contributed by atoms with Gasteiger partial charge in [0.2, 0.25) is 0 Å². The predicted octanol–water partition coefficient (Wildman–Crippen LogP) is 5.74. The third-order valence-corrected chi connectivity index (χ3v) is 5.25. The van der Waals surface area contributed by atoms with E-state index in [1.807, 2.05) is 12.1 Å². The number of amides is 1. The molecule has 0 aliphatic heterocycles. The van der Waals surface area contributed by atoms with E-state index in [1.54, 1.807) is 43.6 Å². The quantitative estimate of drug-likeness (QED) is 0.437. The van der Waals surface area contributed by atoms with E-state index in [0.29, 0.717) is 22.9 Å². The Balaban J connectivity index is 1.72. The highest BCUT2D eigenvalue weighted by Crippen LogP contribution is 2.31. The topological polar surface area (TPSA) is 51.7 Å². The monoisotopic (exact) mass is 452 g/mol. The van der Waals surface area contributed by atoms with Crippen LogP contribution in [-0.4, -0.2) is 36.1 Å². The average molecular weight is 453 g/mol. The Kier molecular flexibility index (Phi) is 7.23. The van der Waals surface area contributed by atoms with Crippen LogP contribution in [0, 0.1) is 0 Å². The van der Waals surface area contributed by atoms with Gasteiger partial charge in [-0.15, -0.1) is 11.3 Å². The van der Waals surface area contributed by atoms with Crippen molar-refractivity contribution in [1.82, 2.24) is 9.88 Å². The van der Waals surface area contributed by atoms with Gasteiger partial charge in [0.15, 0.2) is 11.5 Å². The number of rotatable bonds is 8. The van der Waals surface area contributed by atoms with Crippen LogP contribution in [0.25, 0.3) is 10.6 Å². The highest BCUT2D eigenvalue weighted by Gasteiger charge is 2.18. The Morgan fingerprint density at radius 3 is 2.60 bits per heavy atom. The number of benzene rings is 2. The van der Waals surface area contributed by atoms with Crippen molar-refractivity contribution in [3.05, 3.63) is 64.1 Å². The molecule has 0 saturated carbocycles. The Morgan fingerprint density at radius 1 is 1.20 bits per heavy atom. The molecule has 9 heteroatoms. The fourth-order valence-corrected chi connectivity index (χ4v) is 3.68. The number of nitrogens with zero attached hydrogens (tertiary/aromatic N) is 2. The van der Waals surface area contributed by atoms with Crippen LogP contribution in [0.3, 0.4) is 0 Å². The van der Waals surface area contributed by atoms with E-state index in [2.05, 4.69) is 9.72 Å². The maximum absolute atomic E-state index is 12.8. The summed E-state index contributed by atoms with van der Waals surface area (Å²) in [6, 6.07) is 11.8. The molecule has 3 rings (SSSR count). The molecule has 0 saturated heterocycles. The van der Waals surface area contributed by atoms with Crippen molar-refractivity contribution < 1.29 is 23.0 Å². The lowest BCUT2D eigenvalue weighted by Crippen LogP contribution is -2.26. The maximum Gasteiger partial charge on any atom is 0.387 e. The predicted molar refractivity (Wildman–Crippen MR) is 113 cm³/mol. The molecule has 1 aromatic heterocycles. The smallest absolute Gasteiger partial charge is 0.387 e. The zero-order valence-electron chi connectivity index (χ0n) is 16.3. The molecule has 0 bridgehead atoms. The standard InChI is InChI=1S/C21H19ClF2N2O3S/c1-3-28-18-10-13(4-9-17(18)29-21(23)24)11-26(2)20(27)16-12-30-19(25-16)14-5-7-15(22)8-6-14/h4-10,12,21H,3,11H2,1-2H3. The van der Waals surface area contributed by atoms with Crippen LogP contribution in [0.5, 0.6) is 11.5 Å². The maximum atomic E-state index is 12.8. The highest BCUT2D eigenvalue weighted by molar-refractivity contribution is 7.13. The van der Waals surface area contributed by atoms with Crippen LogP contribution in [0.2, 0.25) is 5.02 Å². The molecule has 0 aliphatic carbocycles. The lowest BCUT2D eigenvalue weighted by Gasteiger charge is -2.18.